The lowest BCUT2D eigenvalue weighted by molar-refractivity contribution is -0.139. The van der Waals surface area contributed by atoms with Crippen molar-refractivity contribution in [3.63, 3.8) is 0 Å². The van der Waals surface area contributed by atoms with Gasteiger partial charge in [0.15, 0.2) is 0 Å². The van der Waals surface area contributed by atoms with Crippen molar-refractivity contribution >= 4 is 12.0 Å². The first-order chi connectivity index (χ1) is 9.03. The molecule has 1 unspecified atom stereocenters. The Morgan fingerprint density at radius 1 is 1.53 bits per heavy atom. The highest BCUT2D eigenvalue weighted by molar-refractivity contribution is 5.82. The SMILES string of the molecule is C#CCC(NC(=O)NCC1(CCOC)CC1)C(=O)O. The molecule has 2 amide bonds. The van der Waals surface area contributed by atoms with Gasteiger partial charge in [0.1, 0.15) is 6.04 Å². The topological polar surface area (TPSA) is 87.7 Å². The highest BCUT2D eigenvalue weighted by Gasteiger charge is 2.42. The summed E-state index contributed by atoms with van der Waals surface area (Å²) in [6.45, 7) is 1.20. The number of hydrogen-bond acceptors (Lipinski definition) is 3. The van der Waals surface area contributed by atoms with E-state index in [-0.39, 0.29) is 11.8 Å². The normalized spacial score (nSPS) is 17.1. The van der Waals surface area contributed by atoms with Crippen LogP contribution >= 0.6 is 0 Å². The maximum atomic E-state index is 11.6. The zero-order valence-electron chi connectivity index (χ0n) is 11.1. The number of aliphatic carboxylic acids is 1. The maximum absolute atomic E-state index is 11.6. The first kappa shape index (κ1) is 15.3. The van der Waals surface area contributed by atoms with Crippen LogP contribution in [-0.2, 0) is 9.53 Å². The Morgan fingerprint density at radius 3 is 2.68 bits per heavy atom. The van der Waals surface area contributed by atoms with Gasteiger partial charge in [-0.15, -0.1) is 12.3 Å². The number of carbonyl (C=O) groups is 2. The molecule has 0 aromatic heterocycles. The number of rotatable bonds is 8. The van der Waals surface area contributed by atoms with Crippen LogP contribution in [0.1, 0.15) is 25.7 Å². The summed E-state index contributed by atoms with van der Waals surface area (Å²) in [5, 5.41) is 13.9. The molecular weight excluding hydrogens is 248 g/mol. The fraction of sp³-hybridized carbons (Fsp3) is 0.692. The Balaban J connectivity index is 2.31. The summed E-state index contributed by atoms with van der Waals surface area (Å²) in [6, 6.07) is -1.54. The smallest absolute Gasteiger partial charge is 0.327 e. The van der Waals surface area contributed by atoms with E-state index in [4.69, 9.17) is 16.3 Å². The molecule has 0 aliphatic heterocycles. The van der Waals surface area contributed by atoms with Gasteiger partial charge in [-0.2, -0.15) is 0 Å². The number of carbonyl (C=O) groups excluding carboxylic acids is 1. The van der Waals surface area contributed by atoms with Gasteiger partial charge in [-0.25, -0.2) is 9.59 Å². The Morgan fingerprint density at radius 2 is 2.21 bits per heavy atom. The van der Waals surface area contributed by atoms with Crippen molar-refractivity contribution in [2.45, 2.75) is 31.7 Å². The van der Waals surface area contributed by atoms with Crippen LogP contribution in [0.3, 0.4) is 0 Å². The summed E-state index contributed by atoms with van der Waals surface area (Å²) in [6.07, 6.45) is 8.04. The number of methoxy groups -OCH3 is 1. The summed E-state index contributed by atoms with van der Waals surface area (Å²) < 4.78 is 5.02. The van der Waals surface area contributed by atoms with Crippen LogP contribution in [0.4, 0.5) is 4.79 Å². The van der Waals surface area contributed by atoms with Crippen molar-refractivity contribution in [1.82, 2.24) is 10.6 Å². The van der Waals surface area contributed by atoms with Gasteiger partial charge in [-0.3, -0.25) is 0 Å². The lowest BCUT2D eigenvalue weighted by Crippen LogP contribution is -2.47. The first-order valence-electron chi connectivity index (χ1n) is 6.22. The molecule has 6 heteroatoms. The number of ether oxygens (including phenoxy) is 1. The minimum atomic E-state index is -1.13. The first-order valence-corrected chi connectivity index (χ1v) is 6.22. The van der Waals surface area contributed by atoms with Crippen LogP contribution in [0.2, 0.25) is 0 Å². The van der Waals surface area contributed by atoms with Crippen LogP contribution in [0.15, 0.2) is 0 Å². The molecule has 6 nitrogen and oxygen atoms in total. The van der Waals surface area contributed by atoms with Crippen molar-refractivity contribution in [1.29, 1.82) is 0 Å². The molecule has 0 aromatic rings. The van der Waals surface area contributed by atoms with Crippen LogP contribution in [0.25, 0.3) is 0 Å². The number of amides is 2. The lowest BCUT2D eigenvalue weighted by atomic mass is 10.0. The van der Waals surface area contributed by atoms with E-state index < -0.39 is 18.0 Å². The Bertz CT molecular complexity index is 371. The van der Waals surface area contributed by atoms with Crippen LogP contribution in [-0.4, -0.2) is 43.4 Å². The second-order valence-corrected chi connectivity index (χ2v) is 4.87. The van der Waals surface area contributed by atoms with E-state index in [1.807, 2.05) is 0 Å². The third-order valence-electron chi connectivity index (χ3n) is 3.34. The molecule has 0 aromatic carbocycles. The van der Waals surface area contributed by atoms with E-state index in [1.165, 1.54) is 0 Å². The molecule has 106 valence electrons. The van der Waals surface area contributed by atoms with Gasteiger partial charge >= 0.3 is 12.0 Å². The van der Waals surface area contributed by atoms with E-state index in [1.54, 1.807) is 7.11 Å². The summed E-state index contributed by atoms with van der Waals surface area (Å²) in [5.41, 5.74) is 0.123. The molecule has 1 rings (SSSR count). The third-order valence-corrected chi connectivity index (χ3v) is 3.34. The lowest BCUT2D eigenvalue weighted by Gasteiger charge is -2.17. The molecule has 1 fully saturated rings. The Hall–Kier alpha value is -1.74. The largest absolute Gasteiger partial charge is 0.480 e. The number of carboxylic acids is 1. The van der Waals surface area contributed by atoms with Crippen molar-refractivity contribution in [2.24, 2.45) is 5.41 Å². The average molecular weight is 268 g/mol. The second-order valence-electron chi connectivity index (χ2n) is 4.87. The number of hydrogen-bond donors (Lipinski definition) is 3. The Kier molecular flexibility index (Phi) is 5.64. The molecule has 0 spiro atoms. The molecule has 3 N–H and O–H groups in total. The fourth-order valence-corrected chi connectivity index (χ4v) is 1.81. The average Bonchev–Trinajstić information content (AvgIpc) is 3.14. The number of nitrogens with one attached hydrogen (secondary N) is 2. The molecule has 0 radical (unpaired) electrons. The van der Waals surface area contributed by atoms with Gasteiger partial charge in [0.05, 0.1) is 0 Å². The van der Waals surface area contributed by atoms with Crippen molar-refractivity contribution in [2.75, 3.05) is 20.3 Å². The van der Waals surface area contributed by atoms with Crippen LogP contribution in [0.5, 0.6) is 0 Å². The number of urea groups is 1. The van der Waals surface area contributed by atoms with Crippen molar-refractivity contribution in [3.8, 4) is 12.3 Å². The number of terminal acetylenes is 1. The van der Waals surface area contributed by atoms with Gasteiger partial charge in [-0.1, -0.05) is 0 Å². The summed E-state index contributed by atoms with van der Waals surface area (Å²) in [5.74, 6) is 1.10. The van der Waals surface area contributed by atoms with Crippen LogP contribution < -0.4 is 10.6 Å². The van der Waals surface area contributed by atoms with E-state index in [9.17, 15) is 9.59 Å². The highest BCUT2D eigenvalue weighted by Crippen LogP contribution is 2.48. The zero-order chi connectivity index (χ0) is 14.3. The zero-order valence-corrected chi connectivity index (χ0v) is 11.1. The number of carboxylic acid groups (broad SMARTS) is 1. The van der Waals surface area contributed by atoms with Gasteiger partial charge in [0.2, 0.25) is 0 Å². The predicted octanol–water partition coefficient (Wildman–Crippen LogP) is 0.579. The van der Waals surface area contributed by atoms with E-state index in [0.29, 0.717) is 13.2 Å². The molecule has 1 aliphatic rings. The van der Waals surface area contributed by atoms with Crippen molar-refractivity contribution < 1.29 is 19.4 Å². The van der Waals surface area contributed by atoms with Crippen LogP contribution in [0, 0.1) is 17.8 Å². The molecule has 19 heavy (non-hydrogen) atoms. The predicted molar refractivity (Wildman–Crippen MR) is 69.6 cm³/mol. The molecule has 0 saturated heterocycles. The molecule has 1 aliphatic carbocycles. The Labute approximate surface area is 112 Å². The van der Waals surface area contributed by atoms with E-state index in [0.717, 1.165) is 19.3 Å². The van der Waals surface area contributed by atoms with Gasteiger partial charge < -0.3 is 20.5 Å². The van der Waals surface area contributed by atoms with Gasteiger partial charge in [0, 0.05) is 26.7 Å². The molecule has 0 heterocycles. The minimum absolute atomic E-state index is 0.0302. The minimum Gasteiger partial charge on any atom is -0.480 e. The van der Waals surface area contributed by atoms with E-state index in [2.05, 4.69) is 16.6 Å². The molecular formula is C13H20N2O4. The summed E-state index contributed by atoms with van der Waals surface area (Å²) in [4.78, 5) is 22.4. The van der Waals surface area contributed by atoms with Gasteiger partial charge in [-0.05, 0) is 24.7 Å². The molecule has 0 bridgehead atoms. The summed E-state index contributed by atoms with van der Waals surface area (Å²) >= 11 is 0. The maximum Gasteiger partial charge on any atom is 0.327 e. The van der Waals surface area contributed by atoms with Crippen molar-refractivity contribution in [3.05, 3.63) is 0 Å². The fourth-order valence-electron chi connectivity index (χ4n) is 1.81. The molecule has 1 saturated carbocycles. The summed E-state index contributed by atoms with van der Waals surface area (Å²) in [7, 11) is 1.65. The van der Waals surface area contributed by atoms with E-state index >= 15 is 0 Å². The monoisotopic (exact) mass is 268 g/mol. The molecule has 1 atom stereocenters. The quantitative estimate of drug-likeness (QED) is 0.562. The second kappa shape index (κ2) is 7.00. The standard InChI is InChI=1S/C13H20N2O4/c1-3-4-10(11(16)17)15-12(18)14-9-13(5-6-13)7-8-19-2/h1,10H,4-9H2,2H3,(H,16,17)(H2,14,15,18). The van der Waals surface area contributed by atoms with Gasteiger partial charge in [0.25, 0.3) is 0 Å². The third kappa shape index (κ3) is 5.18. The highest BCUT2D eigenvalue weighted by atomic mass is 16.5.